The Labute approximate surface area is 112 Å². The van der Waals surface area contributed by atoms with Gasteiger partial charge in [0.1, 0.15) is 11.3 Å². The second-order valence-electron chi connectivity index (χ2n) is 5.25. The molecule has 2 N–H and O–H groups in total. The van der Waals surface area contributed by atoms with Crippen molar-refractivity contribution in [2.75, 3.05) is 11.9 Å². The van der Waals surface area contributed by atoms with Crippen LogP contribution in [-0.2, 0) is 0 Å². The Bertz CT molecular complexity index is 563. The number of pyridine rings is 1. The van der Waals surface area contributed by atoms with Gasteiger partial charge in [-0.1, -0.05) is 0 Å². The van der Waals surface area contributed by atoms with Crippen LogP contribution in [0.25, 0.3) is 11.2 Å². The monoisotopic (exact) mass is 257 g/mol. The fraction of sp³-hybridized carbons (Fsp3) is 0.500. The first-order chi connectivity index (χ1) is 9.24. The van der Waals surface area contributed by atoms with Gasteiger partial charge >= 0.3 is 0 Å². The summed E-state index contributed by atoms with van der Waals surface area (Å²) in [5, 5.41) is 0. The maximum absolute atomic E-state index is 5.96. The summed E-state index contributed by atoms with van der Waals surface area (Å²) in [6, 6.07) is 4.91. The van der Waals surface area contributed by atoms with Crippen molar-refractivity contribution >= 4 is 17.0 Å². The van der Waals surface area contributed by atoms with Gasteiger partial charge in [0.05, 0.1) is 0 Å². The fourth-order valence-corrected chi connectivity index (χ4v) is 2.72. The molecule has 1 aliphatic carbocycles. The second-order valence-corrected chi connectivity index (χ2v) is 5.25. The summed E-state index contributed by atoms with van der Waals surface area (Å²) in [7, 11) is 2.10. The normalized spacial score (nSPS) is 23.5. The van der Waals surface area contributed by atoms with Crippen LogP contribution in [0.5, 0.6) is 0 Å². The molecule has 0 unspecified atom stereocenters. The molecular weight excluding hydrogens is 238 g/mol. The minimum absolute atomic E-state index is 0.375. The predicted molar refractivity (Wildman–Crippen MR) is 76.0 cm³/mol. The molecule has 2 aromatic rings. The Hall–Kier alpha value is -1.75. The maximum Gasteiger partial charge on any atom is 0.180 e. The molecule has 5 heteroatoms. The molecule has 1 aliphatic rings. The van der Waals surface area contributed by atoms with Gasteiger partial charge in [0.15, 0.2) is 5.65 Å². The van der Waals surface area contributed by atoms with E-state index in [-0.39, 0.29) is 0 Å². The van der Waals surface area contributed by atoms with E-state index in [1.807, 2.05) is 12.1 Å². The van der Waals surface area contributed by atoms with Crippen molar-refractivity contribution in [2.45, 2.75) is 37.8 Å². The van der Waals surface area contributed by atoms with E-state index in [0.29, 0.717) is 17.7 Å². The summed E-state index contributed by atoms with van der Waals surface area (Å²) >= 11 is 0. The van der Waals surface area contributed by atoms with Crippen LogP contribution in [0.4, 0.5) is 5.82 Å². The number of anilines is 1. The predicted octanol–water partition coefficient (Wildman–Crippen LogP) is 1.73. The van der Waals surface area contributed by atoms with Gasteiger partial charge in [-0.2, -0.15) is 0 Å². The van der Waals surface area contributed by atoms with Crippen LogP contribution in [0.2, 0.25) is 0 Å². The number of nitrogens with zero attached hydrogens (tertiary/aromatic N) is 4. The lowest BCUT2D eigenvalue weighted by Gasteiger charge is -2.34. The van der Waals surface area contributed by atoms with Crippen molar-refractivity contribution in [3.05, 3.63) is 24.5 Å². The first-order valence-corrected chi connectivity index (χ1v) is 6.80. The Kier molecular flexibility index (Phi) is 3.29. The molecule has 2 heterocycles. The Morgan fingerprint density at radius 2 is 1.84 bits per heavy atom. The molecule has 1 saturated carbocycles. The Morgan fingerprint density at radius 3 is 2.63 bits per heavy atom. The van der Waals surface area contributed by atoms with Gasteiger partial charge in [0.2, 0.25) is 0 Å². The lowest BCUT2D eigenvalue weighted by molar-refractivity contribution is 0.384. The van der Waals surface area contributed by atoms with Crippen molar-refractivity contribution in [1.82, 2.24) is 15.0 Å². The molecule has 0 spiro atoms. The molecule has 0 aromatic carbocycles. The Morgan fingerprint density at radius 1 is 1.11 bits per heavy atom. The lowest BCUT2D eigenvalue weighted by atomic mass is 9.91. The van der Waals surface area contributed by atoms with E-state index < -0.39 is 0 Å². The third-order valence-electron chi connectivity index (χ3n) is 3.97. The third-order valence-corrected chi connectivity index (χ3v) is 3.97. The maximum atomic E-state index is 5.96. The van der Waals surface area contributed by atoms with E-state index in [2.05, 4.69) is 26.9 Å². The summed E-state index contributed by atoms with van der Waals surface area (Å²) < 4.78 is 0. The smallest absolute Gasteiger partial charge is 0.180 e. The van der Waals surface area contributed by atoms with Crippen LogP contribution in [0, 0.1) is 0 Å². The topological polar surface area (TPSA) is 67.9 Å². The van der Waals surface area contributed by atoms with E-state index >= 15 is 0 Å². The highest BCUT2D eigenvalue weighted by atomic mass is 15.2. The van der Waals surface area contributed by atoms with Crippen LogP contribution in [0.15, 0.2) is 24.5 Å². The molecule has 0 aliphatic heterocycles. The molecule has 100 valence electrons. The second kappa shape index (κ2) is 5.09. The highest BCUT2D eigenvalue weighted by molar-refractivity contribution is 5.71. The van der Waals surface area contributed by atoms with Crippen LogP contribution >= 0.6 is 0 Å². The van der Waals surface area contributed by atoms with E-state index in [0.717, 1.165) is 37.0 Å². The number of aromatic nitrogens is 3. The lowest BCUT2D eigenvalue weighted by Crippen LogP contribution is -2.39. The quantitative estimate of drug-likeness (QED) is 0.887. The number of nitrogens with two attached hydrogens (primary N) is 1. The molecular formula is C14H19N5. The van der Waals surface area contributed by atoms with Gasteiger partial charge in [-0.25, -0.2) is 9.97 Å². The van der Waals surface area contributed by atoms with Crippen molar-refractivity contribution in [2.24, 2.45) is 5.73 Å². The highest BCUT2D eigenvalue weighted by Gasteiger charge is 2.22. The molecule has 3 rings (SSSR count). The molecule has 0 atom stereocenters. The zero-order valence-electron chi connectivity index (χ0n) is 11.2. The molecule has 19 heavy (non-hydrogen) atoms. The SMILES string of the molecule is CN(c1ccc2nccnc2n1)C1CCC(N)CC1. The summed E-state index contributed by atoms with van der Waals surface area (Å²) in [6.45, 7) is 0. The third kappa shape index (κ3) is 2.51. The largest absolute Gasteiger partial charge is 0.357 e. The first kappa shape index (κ1) is 12.3. The zero-order valence-corrected chi connectivity index (χ0v) is 11.2. The van der Waals surface area contributed by atoms with Gasteiger partial charge in [-0.3, -0.25) is 4.98 Å². The first-order valence-electron chi connectivity index (χ1n) is 6.80. The average molecular weight is 257 g/mol. The molecule has 1 fully saturated rings. The molecule has 0 bridgehead atoms. The van der Waals surface area contributed by atoms with Crippen molar-refractivity contribution < 1.29 is 0 Å². The van der Waals surface area contributed by atoms with Gasteiger partial charge in [0, 0.05) is 31.5 Å². The van der Waals surface area contributed by atoms with E-state index in [1.54, 1.807) is 12.4 Å². The number of rotatable bonds is 2. The average Bonchev–Trinajstić information content (AvgIpc) is 2.47. The molecule has 5 nitrogen and oxygen atoms in total. The van der Waals surface area contributed by atoms with Crippen molar-refractivity contribution in [1.29, 1.82) is 0 Å². The molecule has 0 amide bonds. The van der Waals surface area contributed by atoms with E-state index in [1.165, 1.54) is 0 Å². The van der Waals surface area contributed by atoms with Crippen LogP contribution in [0.3, 0.4) is 0 Å². The van der Waals surface area contributed by atoms with Crippen LogP contribution < -0.4 is 10.6 Å². The standard InChI is InChI=1S/C14H19N5/c1-19(11-4-2-10(15)3-5-11)13-7-6-12-14(18-13)17-9-8-16-12/h6-11H,2-5,15H2,1H3. The summed E-state index contributed by atoms with van der Waals surface area (Å²) in [5.41, 5.74) is 7.50. The number of hydrogen-bond donors (Lipinski definition) is 1. The van der Waals surface area contributed by atoms with E-state index in [4.69, 9.17) is 5.73 Å². The summed E-state index contributed by atoms with van der Waals surface area (Å²) in [4.78, 5) is 15.3. The van der Waals surface area contributed by atoms with Crippen molar-refractivity contribution in [3.63, 3.8) is 0 Å². The molecule has 2 aromatic heterocycles. The van der Waals surface area contributed by atoms with Crippen LogP contribution in [0.1, 0.15) is 25.7 Å². The fourth-order valence-electron chi connectivity index (χ4n) is 2.72. The van der Waals surface area contributed by atoms with Gasteiger partial charge < -0.3 is 10.6 Å². The minimum Gasteiger partial charge on any atom is -0.357 e. The summed E-state index contributed by atoms with van der Waals surface area (Å²) in [6.07, 6.45) is 7.84. The van der Waals surface area contributed by atoms with Gasteiger partial charge in [-0.05, 0) is 37.8 Å². The molecule has 0 saturated heterocycles. The van der Waals surface area contributed by atoms with E-state index in [9.17, 15) is 0 Å². The van der Waals surface area contributed by atoms with Crippen molar-refractivity contribution in [3.8, 4) is 0 Å². The Balaban J connectivity index is 1.83. The number of fused-ring (bicyclic) bond motifs is 1. The highest BCUT2D eigenvalue weighted by Crippen LogP contribution is 2.25. The minimum atomic E-state index is 0.375. The summed E-state index contributed by atoms with van der Waals surface area (Å²) in [5.74, 6) is 0.966. The van der Waals surface area contributed by atoms with Crippen LogP contribution in [-0.4, -0.2) is 34.1 Å². The van der Waals surface area contributed by atoms with Gasteiger partial charge in [0.25, 0.3) is 0 Å². The number of hydrogen-bond acceptors (Lipinski definition) is 5. The zero-order chi connectivity index (χ0) is 13.2. The molecule has 0 radical (unpaired) electrons. The van der Waals surface area contributed by atoms with Gasteiger partial charge in [-0.15, -0.1) is 0 Å².